The van der Waals surface area contributed by atoms with Crippen LogP contribution in [0.1, 0.15) is 68.4 Å². The summed E-state index contributed by atoms with van der Waals surface area (Å²) in [6.45, 7) is 11.1. The van der Waals surface area contributed by atoms with Gasteiger partial charge < -0.3 is 19.0 Å². The average Bonchev–Trinajstić information content (AvgIpc) is 2.74. The summed E-state index contributed by atoms with van der Waals surface area (Å²) >= 11 is 0. The summed E-state index contributed by atoms with van der Waals surface area (Å²) in [6.07, 6.45) is -0.444. The van der Waals surface area contributed by atoms with E-state index in [-0.39, 0.29) is 0 Å². The van der Waals surface area contributed by atoms with Crippen LogP contribution in [0.25, 0.3) is 0 Å². The predicted molar refractivity (Wildman–Crippen MR) is 117 cm³/mol. The van der Waals surface area contributed by atoms with Crippen molar-refractivity contribution in [2.45, 2.75) is 60.0 Å². The van der Waals surface area contributed by atoms with Crippen molar-refractivity contribution < 1.29 is 28.6 Å². The first-order valence-corrected chi connectivity index (χ1v) is 10.3. The van der Waals surface area contributed by atoms with Crippen LogP contribution in [0.4, 0.5) is 4.79 Å². The maximum Gasteiger partial charge on any atom is 0.441 e. The highest BCUT2D eigenvalue weighted by Gasteiger charge is 2.19. The molecule has 0 aliphatic rings. The molecule has 0 aromatic heterocycles. The Balaban J connectivity index is 2.28. The van der Waals surface area contributed by atoms with Gasteiger partial charge in [0.15, 0.2) is 0 Å². The minimum absolute atomic E-state index is 0.330. The number of carbonyl (C=O) groups is 2. The first-order valence-electron chi connectivity index (χ1n) is 10.3. The third kappa shape index (κ3) is 6.13. The molecule has 7 nitrogen and oxygen atoms in total. The summed E-state index contributed by atoms with van der Waals surface area (Å²) in [4.78, 5) is 27.1. The van der Waals surface area contributed by atoms with E-state index in [0.29, 0.717) is 17.4 Å². The third-order valence-corrected chi connectivity index (χ3v) is 5.21. The van der Waals surface area contributed by atoms with Gasteiger partial charge in [-0.25, -0.2) is 4.79 Å². The van der Waals surface area contributed by atoms with Gasteiger partial charge >= 0.3 is 12.1 Å². The lowest BCUT2D eigenvalue weighted by molar-refractivity contribution is -0.147. The van der Waals surface area contributed by atoms with Gasteiger partial charge in [0.25, 0.3) is 0 Å². The molecule has 7 heteroatoms. The van der Waals surface area contributed by atoms with Crippen molar-refractivity contribution in [2.24, 2.45) is 0 Å². The van der Waals surface area contributed by atoms with Crippen molar-refractivity contribution in [1.29, 1.82) is 0 Å². The Kier molecular flexibility index (Phi) is 8.30. The van der Waals surface area contributed by atoms with Crippen LogP contribution in [0, 0.1) is 13.8 Å². The summed E-state index contributed by atoms with van der Waals surface area (Å²) in [6, 6.07) is 9.60. The third-order valence-electron chi connectivity index (χ3n) is 5.21. The molecule has 2 rings (SSSR count). The summed E-state index contributed by atoms with van der Waals surface area (Å²) < 4.78 is 17.1. The number of ether oxygens (including phenoxy) is 3. The number of benzene rings is 2. The van der Waals surface area contributed by atoms with Crippen LogP contribution >= 0.6 is 0 Å². The van der Waals surface area contributed by atoms with E-state index in [1.807, 2.05) is 49.7 Å². The molecule has 0 aliphatic heterocycles. The van der Waals surface area contributed by atoms with Gasteiger partial charge in [0.2, 0.25) is 0 Å². The number of amides is 1. The van der Waals surface area contributed by atoms with Crippen LogP contribution < -0.4 is 15.0 Å². The van der Waals surface area contributed by atoms with Gasteiger partial charge in [0, 0.05) is 12.5 Å². The normalized spacial score (nSPS) is 12.5. The van der Waals surface area contributed by atoms with Gasteiger partial charge in [-0.2, -0.15) is 0 Å². The summed E-state index contributed by atoms with van der Waals surface area (Å²) in [7, 11) is 1.67. The highest BCUT2D eigenvalue weighted by molar-refractivity contribution is 5.71. The molecular formula is C24H31NO6. The zero-order valence-corrected chi connectivity index (χ0v) is 19.2. The monoisotopic (exact) mass is 429 g/mol. The molecule has 2 aromatic carbocycles. The molecule has 0 spiro atoms. The van der Waals surface area contributed by atoms with Crippen LogP contribution in [-0.4, -0.2) is 19.2 Å². The maximum absolute atomic E-state index is 11.8. The van der Waals surface area contributed by atoms with Crippen molar-refractivity contribution in [2.75, 3.05) is 7.11 Å². The number of methoxy groups -OCH3 is 1. The first-order chi connectivity index (χ1) is 14.7. The number of aryl methyl sites for hydroxylation is 1. The molecule has 1 amide bonds. The molecular weight excluding hydrogens is 398 g/mol. The van der Waals surface area contributed by atoms with Crippen molar-refractivity contribution in [1.82, 2.24) is 5.48 Å². The number of hydrogen-bond acceptors (Lipinski definition) is 6. The predicted octanol–water partition coefficient (Wildman–Crippen LogP) is 5.88. The van der Waals surface area contributed by atoms with Gasteiger partial charge in [0.05, 0.1) is 7.11 Å². The van der Waals surface area contributed by atoms with Gasteiger partial charge in [0.1, 0.15) is 23.4 Å². The fourth-order valence-electron chi connectivity index (χ4n) is 3.30. The fraction of sp³-hybridized carbons (Fsp3) is 0.417. The van der Waals surface area contributed by atoms with E-state index in [1.54, 1.807) is 14.0 Å². The van der Waals surface area contributed by atoms with Crippen molar-refractivity contribution >= 4 is 12.1 Å². The van der Waals surface area contributed by atoms with Crippen molar-refractivity contribution in [3.63, 3.8) is 0 Å². The molecule has 2 aromatic rings. The van der Waals surface area contributed by atoms with Crippen LogP contribution in [0.5, 0.6) is 17.2 Å². The van der Waals surface area contributed by atoms with Crippen LogP contribution in [0.15, 0.2) is 30.3 Å². The molecule has 0 fully saturated rings. The SMILES string of the molecule is CCC(C)c1cc(Oc2c(C)ccc(C(C)OC(=O)NOC(C)=O)c2C)ccc1OC. The average molecular weight is 430 g/mol. The molecule has 0 radical (unpaired) electrons. The summed E-state index contributed by atoms with van der Waals surface area (Å²) in [5.74, 6) is 1.94. The van der Waals surface area contributed by atoms with Crippen molar-refractivity contribution in [3.05, 3.63) is 52.6 Å². The van der Waals surface area contributed by atoms with E-state index >= 15 is 0 Å². The lowest BCUT2D eigenvalue weighted by Gasteiger charge is -2.21. The lowest BCUT2D eigenvalue weighted by atomic mass is 9.97. The number of nitrogens with one attached hydrogen (secondary N) is 1. The van der Waals surface area contributed by atoms with Gasteiger partial charge in [-0.1, -0.05) is 26.0 Å². The van der Waals surface area contributed by atoms with Crippen LogP contribution in [0.3, 0.4) is 0 Å². The molecule has 0 aliphatic carbocycles. The Morgan fingerprint density at radius 1 is 1.06 bits per heavy atom. The Hall–Kier alpha value is -3.22. The highest BCUT2D eigenvalue weighted by atomic mass is 16.7. The molecule has 168 valence electrons. The minimum atomic E-state index is -0.849. The second-order valence-corrected chi connectivity index (χ2v) is 7.48. The molecule has 1 N–H and O–H groups in total. The standard InChI is InChI=1S/C24H31NO6/c1-8-14(2)21-13-19(10-12-22(21)28-7)30-23-15(3)9-11-20(16(23)4)17(5)29-24(27)25-31-18(6)26/h9-14,17H,8H2,1-7H3,(H,25,27). The highest BCUT2D eigenvalue weighted by Crippen LogP contribution is 2.37. The first kappa shape index (κ1) is 24.1. The van der Waals surface area contributed by atoms with Crippen molar-refractivity contribution in [3.8, 4) is 17.2 Å². The van der Waals surface area contributed by atoms with Gasteiger partial charge in [-0.3, -0.25) is 4.79 Å². The van der Waals surface area contributed by atoms with E-state index in [0.717, 1.165) is 34.4 Å². The smallest absolute Gasteiger partial charge is 0.441 e. The molecule has 2 unspecified atom stereocenters. The van der Waals surface area contributed by atoms with E-state index < -0.39 is 18.2 Å². The Morgan fingerprint density at radius 2 is 1.77 bits per heavy atom. The van der Waals surface area contributed by atoms with E-state index in [1.165, 1.54) is 6.92 Å². The number of rotatable bonds is 7. The van der Waals surface area contributed by atoms with Crippen LogP contribution in [-0.2, 0) is 14.4 Å². The largest absolute Gasteiger partial charge is 0.496 e. The summed E-state index contributed by atoms with van der Waals surface area (Å²) in [5.41, 5.74) is 5.64. The van der Waals surface area contributed by atoms with Gasteiger partial charge in [-0.05, 0) is 68.0 Å². The Morgan fingerprint density at radius 3 is 2.39 bits per heavy atom. The zero-order chi connectivity index (χ0) is 23.1. The lowest BCUT2D eigenvalue weighted by Crippen LogP contribution is -2.27. The molecule has 0 heterocycles. The zero-order valence-electron chi connectivity index (χ0n) is 19.2. The minimum Gasteiger partial charge on any atom is -0.496 e. The number of carbonyl (C=O) groups excluding carboxylic acids is 2. The number of hydrogen-bond donors (Lipinski definition) is 1. The van der Waals surface area contributed by atoms with Crippen LogP contribution in [0.2, 0.25) is 0 Å². The Bertz CT molecular complexity index is 940. The van der Waals surface area contributed by atoms with Gasteiger partial charge in [-0.15, -0.1) is 5.48 Å². The van der Waals surface area contributed by atoms with E-state index in [9.17, 15) is 9.59 Å². The quantitative estimate of drug-likeness (QED) is 0.553. The second-order valence-electron chi connectivity index (χ2n) is 7.48. The molecule has 0 saturated heterocycles. The Labute approximate surface area is 183 Å². The van der Waals surface area contributed by atoms with E-state index in [4.69, 9.17) is 14.2 Å². The number of hydroxylamine groups is 1. The second kappa shape index (κ2) is 10.7. The fourth-order valence-corrected chi connectivity index (χ4v) is 3.30. The summed E-state index contributed by atoms with van der Waals surface area (Å²) in [5, 5.41) is 0. The van der Waals surface area contributed by atoms with E-state index in [2.05, 4.69) is 18.7 Å². The topological polar surface area (TPSA) is 83.1 Å². The molecule has 31 heavy (non-hydrogen) atoms. The molecule has 0 bridgehead atoms. The molecule has 0 saturated carbocycles. The maximum atomic E-state index is 11.8. The molecule has 2 atom stereocenters.